The van der Waals surface area contributed by atoms with Crippen LogP contribution in [0.5, 0.6) is 5.75 Å². The molecule has 0 spiro atoms. The zero-order chi connectivity index (χ0) is 20.3. The molecule has 4 bridgehead atoms. The van der Waals surface area contributed by atoms with Crippen molar-refractivity contribution in [2.45, 2.75) is 62.9 Å². The fourth-order valence-electron chi connectivity index (χ4n) is 7.31. The van der Waals surface area contributed by atoms with Gasteiger partial charge in [-0.05, 0) is 81.3 Å². The standard InChI is InChI=1S/C23H28ClNO4/c1-29-20-4-2-3-18(24)17(20)8-16-9-19(22(27)28)25(21(16)26)23-10-13-5-14(11-23)7-15(6-13)12-23/h2-4,13-16,19H,5-12H2,1H3,(H,27,28)/t13?,14?,15?,16?,19-,23?/m0/s1. The molecule has 4 saturated carbocycles. The molecule has 5 aliphatic rings. The van der Waals surface area contributed by atoms with Crippen molar-refractivity contribution in [2.75, 3.05) is 7.11 Å². The second-order valence-corrected chi connectivity index (χ2v) is 10.2. The minimum absolute atomic E-state index is 0.00122. The molecule has 1 saturated heterocycles. The molecular formula is C23H28ClNO4. The number of amides is 1. The number of carbonyl (C=O) groups is 2. The summed E-state index contributed by atoms with van der Waals surface area (Å²) in [6.45, 7) is 0. The lowest BCUT2D eigenvalue weighted by molar-refractivity contribution is -0.162. The van der Waals surface area contributed by atoms with Gasteiger partial charge in [-0.1, -0.05) is 17.7 Å². The highest BCUT2D eigenvalue weighted by molar-refractivity contribution is 6.31. The van der Waals surface area contributed by atoms with Crippen molar-refractivity contribution < 1.29 is 19.4 Å². The van der Waals surface area contributed by atoms with Gasteiger partial charge >= 0.3 is 5.97 Å². The summed E-state index contributed by atoms with van der Waals surface area (Å²) in [5.41, 5.74) is 0.556. The Kier molecular flexibility index (Phi) is 4.57. The van der Waals surface area contributed by atoms with E-state index in [1.165, 1.54) is 19.3 Å². The number of carbonyl (C=O) groups excluding carboxylic acids is 1. The van der Waals surface area contributed by atoms with Gasteiger partial charge in [0.05, 0.1) is 7.11 Å². The zero-order valence-corrected chi connectivity index (χ0v) is 17.5. The van der Waals surface area contributed by atoms with Crippen LogP contribution in [0.1, 0.15) is 50.5 Å². The maximum Gasteiger partial charge on any atom is 0.326 e. The van der Waals surface area contributed by atoms with Gasteiger partial charge < -0.3 is 14.7 Å². The van der Waals surface area contributed by atoms with Crippen LogP contribution in [0.2, 0.25) is 5.02 Å². The maximum absolute atomic E-state index is 13.6. The molecule has 4 aliphatic carbocycles. The average Bonchev–Trinajstić information content (AvgIpc) is 2.99. The number of hydrogen-bond donors (Lipinski definition) is 1. The molecule has 1 amide bonds. The first-order valence-electron chi connectivity index (χ1n) is 10.8. The molecule has 5 nitrogen and oxygen atoms in total. The molecule has 1 unspecified atom stereocenters. The number of hydrogen-bond acceptors (Lipinski definition) is 3. The van der Waals surface area contributed by atoms with Gasteiger partial charge in [0.15, 0.2) is 0 Å². The summed E-state index contributed by atoms with van der Waals surface area (Å²) in [6.07, 6.45) is 7.51. The van der Waals surface area contributed by atoms with Crippen molar-refractivity contribution in [3.05, 3.63) is 28.8 Å². The molecule has 5 fully saturated rings. The lowest BCUT2D eigenvalue weighted by Gasteiger charge is -2.60. The minimum atomic E-state index is -0.872. The molecule has 156 valence electrons. The fourth-order valence-corrected chi connectivity index (χ4v) is 7.55. The molecule has 1 aromatic rings. The number of nitrogens with zero attached hydrogens (tertiary/aromatic N) is 1. The fraction of sp³-hybridized carbons (Fsp3) is 0.652. The Hall–Kier alpha value is -1.75. The van der Waals surface area contributed by atoms with Gasteiger partial charge in [-0.2, -0.15) is 0 Å². The van der Waals surface area contributed by atoms with E-state index in [0.717, 1.165) is 24.8 Å². The van der Waals surface area contributed by atoms with Crippen molar-refractivity contribution in [3.63, 3.8) is 0 Å². The second-order valence-electron chi connectivity index (χ2n) is 9.76. The van der Waals surface area contributed by atoms with E-state index in [0.29, 0.717) is 41.4 Å². The van der Waals surface area contributed by atoms with Crippen LogP contribution in [0, 0.1) is 23.7 Å². The zero-order valence-electron chi connectivity index (χ0n) is 16.8. The van der Waals surface area contributed by atoms with Crippen LogP contribution in [0.4, 0.5) is 0 Å². The quantitative estimate of drug-likeness (QED) is 0.781. The Morgan fingerprint density at radius 1 is 1.17 bits per heavy atom. The Morgan fingerprint density at radius 2 is 1.79 bits per heavy atom. The number of carboxylic acid groups (broad SMARTS) is 1. The van der Waals surface area contributed by atoms with Crippen LogP contribution < -0.4 is 4.74 Å². The van der Waals surface area contributed by atoms with Gasteiger partial charge in [0, 0.05) is 22.0 Å². The van der Waals surface area contributed by atoms with Gasteiger partial charge in [0.25, 0.3) is 0 Å². The highest BCUT2D eigenvalue weighted by Crippen LogP contribution is 2.59. The molecule has 6 rings (SSSR count). The van der Waals surface area contributed by atoms with Gasteiger partial charge in [0.2, 0.25) is 5.91 Å². The van der Waals surface area contributed by atoms with Crippen LogP contribution in [0.25, 0.3) is 0 Å². The van der Waals surface area contributed by atoms with E-state index in [-0.39, 0.29) is 17.4 Å². The molecule has 1 aliphatic heterocycles. The summed E-state index contributed by atoms with van der Waals surface area (Å²) in [6, 6.07) is 4.73. The molecule has 2 atom stereocenters. The van der Waals surface area contributed by atoms with Crippen LogP contribution in [0.3, 0.4) is 0 Å². The van der Waals surface area contributed by atoms with E-state index in [1.807, 2.05) is 17.0 Å². The normalized spacial score (nSPS) is 37.9. The predicted molar refractivity (Wildman–Crippen MR) is 109 cm³/mol. The number of methoxy groups -OCH3 is 1. The number of benzene rings is 1. The third-order valence-corrected chi connectivity index (χ3v) is 8.31. The Balaban J connectivity index is 1.46. The van der Waals surface area contributed by atoms with E-state index in [4.69, 9.17) is 16.3 Å². The largest absolute Gasteiger partial charge is 0.496 e. The number of rotatable bonds is 5. The average molecular weight is 418 g/mol. The monoisotopic (exact) mass is 417 g/mol. The van der Waals surface area contributed by atoms with Crippen molar-refractivity contribution in [2.24, 2.45) is 23.7 Å². The van der Waals surface area contributed by atoms with E-state index in [2.05, 4.69) is 0 Å². The number of aliphatic carboxylic acids is 1. The number of likely N-dealkylation sites (tertiary alicyclic amines) is 1. The lowest BCUT2D eigenvalue weighted by atomic mass is 9.52. The Labute approximate surface area is 176 Å². The van der Waals surface area contributed by atoms with Gasteiger partial charge in [0.1, 0.15) is 11.8 Å². The van der Waals surface area contributed by atoms with Gasteiger partial charge in [-0.15, -0.1) is 0 Å². The smallest absolute Gasteiger partial charge is 0.326 e. The van der Waals surface area contributed by atoms with Gasteiger partial charge in [-0.3, -0.25) is 4.79 Å². The van der Waals surface area contributed by atoms with Gasteiger partial charge in [-0.25, -0.2) is 4.79 Å². The van der Waals surface area contributed by atoms with Crippen molar-refractivity contribution in [3.8, 4) is 5.75 Å². The SMILES string of the molecule is COc1cccc(Cl)c1CC1C[C@@H](C(=O)O)N(C23CC4CC(CC(C4)C2)C3)C1=O. The third kappa shape index (κ3) is 3.04. The molecule has 29 heavy (non-hydrogen) atoms. The molecule has 6 heteroatoms. The highest BCUT2D eigenvalue weighted by Gasteiger charge is 2.59. The van der Waals surface area contributed by atoms with Crippen molar-refractivity contribution >= 4 is 23.5 Å². The first-order chi connectivity index (χ1) is 13.9. The van der Waals surface area contributed by atoms with Crippen molar-refractivity contribution in [1.29, 1.82) is 0 Å². The topological polar surface area (TPSA) is 66.8 Å². The van der Waals surface area contributed by atoms with E-state index in [1.54, 1.807) is 13.2 Å². The summed E-state index contributed by atoms with van der Waals surface area (Å²) in [5, 5.41) is 10.6. The van der Waals surface area contributed by atoms with E-state index >= 15 is 0 Å². The first-order valence-corrected chi connectivity index (χ1v) is 11.2. The first kappa shape index (κ1) is 19.2. The van der Waals surface area contributed by atoms with Crippen LogP contribution >= 0.6 is 11.6 Å². The summed E-state index contributed by atoms with van der Waals surface area (Å²) < 4.78 is 5.45. The predicted octanol–water partition coefficient (Wildman–Crippen LogP) is 4.16. The third-order valence-electron chi connectivity index (χ3n) is 7.95. The summed E-state index contributed by atoms with van der Waals surface area (Å²) in [4.78, 5) is 27.7. The number of ether oxygens (including phenoxy) is 1. The number of halogens is 1. The number of carboxylic acids is 1. The van der Waals surface area contributed by atoms with Crippen LogP contribution in [-0.2, 0) is 16.0 Å². The molecule has 1 aromatic carbocycles. The maximum atomic E-state index is 13.6. The molecular weight excluding hydrogens is 390 g/mol. The minimum Gasteiger partial charge on any atom is -0.496 e. The second kappa shape index (κ2) is 6.90. The summed E-state index contributed by atoms with van der Waals surface area (Å²) >= 11 is 6.40. The summed E-state index contributed by atoms with van der Waals surface area (Å²) in [7, 11) is 1.59. The molecule has 0 aromatic heterocycles. The van der Waals surface area contributed by atoms with Crippen LogP contribution in [0.15, 0.2) is 18.2 Å². The highest BCUT2D eigenvalue weighted by atomic mass is 35.5. The lowest BCUT2D eigenvalue weighted by Crippen LogP contribution is -2.63. The van der Waals surface area contributed by atoms with E-state index < -0.39 is 12.0 Å². The van der Waals surface area contributed by atoms with Crippen molar-refractivity contribution in [1.82, 2.24) is 4.90 Å². The Bertz CT molecular complexity index is 818. The molecule has 1 heterocycles. The Morgan fingerprint density at radius 3 is 2.34 bits per heavy atom. The summed E-state index contributed by atoms with van der Waals surface area (Å²) in [5.74, 6) is 1.40. The van der Waals surface area contributed by atoms with E-state index in [9.17, 15) is 14.7 Å². The molecule has 1 N–H and O–H groups in total. The molecule has 0 radical (unpaired) electrons. The van der Waals surface area contributed by atoms with Crippen LogP contribution in [-0.4, -0.2) is 40.6 Å².